The minimum absolute atomic E-state index is 0.0372. The van der Waals surface area contributed by atoms with Crippen LogP contribution in [-0.4, -0.2) is 23.4 Å². The zero-order valence-electron chi connectivity index (χ0n) is 18.1. The molecule has 0 heterocycles. The third-order valence-corrected chi connectivity index (χ3v) is 5.05. The fourth-order valence-electron chi connectivity index (χ4n) is 3.31. The molecule has 1 aromatic rings. The van der Waals surface area contributed by atoms with E-state index in [0.717, 1.165) is 25.1 Å². The number of carbonyl (C=O) groups excluding carboxylic acids is 1. The summed E-state index contributed by atoms with van der Waals surface area (Å²) in [6.45, 7) is 3.05. The fraction of sp³-hybridized carbons (Fsp3) is 0.600. The van der Waals surface area contributed by atoms with Gasteiger partial charge in [0.25, 0.3) is 0 Å². The molecule has 0 bridgehead atoms. The van der Waals surface area contributed by atoms with E-state index >= 15 is 0 Å². The lowest BCUT2D eigenvalue weighted by atomic mass is 10.0. The summed E-state index contributed by atoms with van der Waals surface area (Å²) in [4.78, 5) is 22.9. The van der Waals surface area contributed by atoms with Crippen LogP contribution in [-0.2, 0) is 4.79 Å². The predicted molar refractivity (Wildman–Crippen MR) is 122 cm³/mol. The number of rotatable bonds is 18. The Morgan fingerprint density at radius 1 is 0.862 bits per heavy atom. The summed E-state index contributed by atoms with van der Waals surface area (Å²) in [5, 5.41) is 12.1. The summed E-state index contributed by atoms with van der Waals surface area (Å²) in [6, 6.07) is 7.34. The molecule has 4 heteroatoms. The van der Waals surface area contributed by atoms with E-state index in [1.807, 2.05) is 18.2 Å². The second-order valence-corrected chi connectivity index (χ2v) is 7.67. The lowest BCUT2D eigenvalue weighted by Gasteiger charge is -2.10. The lowest BCUT2D eigenvalue weighted by Crippen LogP contribution is -2.09. The smallest absolute Gasteiger partial charge is 0.303 e. The zero-order chi connectivity index (χ0) is 21.2. The van der Waals surface area contributed by atoms with Gasteiger partial charge in [-0.25, -0.2) is 0 Å². The number of unbranched alkanes of at least 4 members (excludes halogenated alkanes) is 9. The Balaban J connectivity index is 2.12. The summed E-state index contributed by atoms with van der Waals surface area (Å²) in [5.41, 5.74) is 1.38. The van der Waals surface area contributed by atoms with Crippen LogP contribution < -0.4 is 5.32 Å². The molecule has 0 radical (unpaired) electrons. The quantitative estimate of drug-likeness (QED) is 0.158. The van der Waals surface area contributed by atoms with Crippen molar-refractivity contribution in [2.75, 3.05) is 11.9 Å². The normalized spacial score (nSPS) is 11.1. The first-order valence-electron chi connectivity index (χ1n) is 11.4. The van der Waals surface area contributed by atoms with E-state index in [1.165, 1.54) is 57.8 Å². The molecule has 1 aromatic carbocycles. The van der Waals surface area contributed by atoms with Crippen molar-refractivity contribution in [1.82, 2.24) is 0 Å². The Labute approximate surface area is 176 Å². The van der Waals surface area contributed by atoms with Gasteiger partial charge in [-0.3, -0.25) is 9.59 Å². The van der Waals surface area contributed by atoms with Crippen LogP contribution >= 0.6 is 0 Å². The summed E-state index contributed by atoms with van der Waals surface area (Å²) in [7, 11) is 0. The lowest BCUT2D eigenvalue weighted by molar-refractivity contribution is -0.136. The first-order valence-corrected chi connectivity index (χ1v) is 11.4. The van der Waals surface area contributed by atoms with Gasteiger partial charge in [-0.2, -0.15) is 0 Å². The molecule has 0 atom stereocenters. The van der Waals surface area contributed by atoms with Gasteiger partial charge in [-0.15, -0.1) is 0 Å². The van der Waals surface area contributed by atoms with E-state index in [1.54, 1.807) is 6.07 Å². The number of benzene rings is 1. The summed E-state index contributed by atoms with van der Waals surface area (Å²) < 4.78 is 0. The molecule has 0 aliphatic rings. The highest BCUT2D eigenvalue weighted by Crippen LogP contribution is 2.18. The number of Topliss-reactive ketones (excluding diaryl/α,β-unsaturated/α-hetero) is 1. The molecule has 0 fully saturated rings. The summed E-state index contributed by atoms with van der Waals surface area (Å²) in [5.74, 6) is -1.07. The fourth-order valence-corrected chi connectivity index (χ4v) is 3.31. The van der Waals surface area contributed by atoms with Crippen molar-refractivity contribution in [3.05, 3.63) is 42.0 Å². The highest BCUT2D eigenvalue weighted by Gasteiger charge is 2.12. The zero-order valence-corrected chi connectivity index (χ0v) is 18.1. The van der Waals surface area contributed by atoms with E-state index in [-0.39, 0.29) is 18.6 Å². The molecule has 1 rings (SSSR count). The van der Waals surface area contributed by atoms with Gasteiger partial charge in [0.05, 0.1) is 6.42 Å². The van der Waals surface area contributed by atoms with Crippen LogP contribution in [0.15, 0.2) is 36.4 Å². The minimum atomic E-state index is -0.942. The Morgan fingerprint density at radius 3 is 2.17 bits per heavy atom. The van der Waals surface area contributed by atoms with Crippen LogP contribution in [0.3, 0.4) is 0 Å². The number of anilines is 1. The van der Waals surface area contributed by atoms with E-state index < -0.39 is 5.97 Å². The molecular weight excluding hydrogens is 362 g/mol. The molecule has 0 aliphatic carbocycles. The third kappa shape index (κ3) is 12.9. The average Bonchev–Trinajstić information content (AvgIpc) is 2.72. The number of carboxylic acids is 1. The highest BCUT2D eigenvalue weighted by molar-refractivity contribution is 6.02. The van der Waals surface area contributed by atoms with Gasteiger partial charge in [0.2, 0.25) is 0 Å². The minimum Gasteiger partial charge on any atom is -0.481 e. The van der Waals surface area contributed by atoms with Gasteiger partial charge in [0.15, 0.2) is 5.78 Å². The Kier molecular flexibility index (Phi) is 14.5. The molecule has 0 unspecified atom stereocenters. The maximum atomic E-state index is 12.2. The number of para-hydroxylation sites is 1. The Morgan fingerprint density at radius 2 is 1.48 bits per heavy atom. The molecule has 0 saturated carbocycles. The van der Waals surface area contributed by atoms with Crippen LogP contribution in [0.2, 0.25) is 0 Å². The topological polar surface area (TPSA) is 66.4 Å². The number of hydrogen-bond donors (Lipinski definition) is 2. The Hall–Kier alpha value is -2.10. The van der Waals surface area contributed by atoms with E-state index in [2.05, 4.69) is 24.4 Å². The predicted octanol–water partition coefficient (Wildman–Crippen LogP) is 7.01. The van der Waals surface area contributed by atoms with Gasteiger partial charge >= 0.3 is 5.97 Å². The maximum Gasteiger partial charge on any atom is 0.303 e. The van der Waals surface area contributed by atoms with Crippen LogP contribution in [0.4, 0.5) is 5.69 Å². The molecule has 0 aromatic heterocycles. The van der Waals surface area contributed by atoms with Crippen LogP contribution in [0, 0.1) is 0 Å². The number of hydrogen-bond acceptors (Lipinski definition) is 3. The van der Waals surface area contributed by atoms with Crippen LogP contribution in [0.1, 0.15) is 101 Å². The number of carbonyl (C=O) groups is 2. The molecule has 2 N–H and O–H groups in total. The van der Waals surface area contributed by atoms with Crippen molar-refractivity contribution in [2.45, 2.75) is 90.4 Å². The maximum absolute atomic E-state index is 12.2. The van der Waals surface area contributed by atoms with Gasteiger partial charge in [-0.05, 0) is 37.8 Å². The summed E-state index contributed by atoms with van der Waals surface area (Å²) in [6.07, 6.45) is 18.5. The van der Waals surface area contributed by atoms with Crippen molar-refractivity contribution in [3.8, 4) is 0 Å². The van der Waals surface area contributed by atoms with E-state index in [4.69, 9.17) is 5.11 Å². The standard InChI is InChI=1S/C25H39NO3/c1-2-3-4-5-6-7-8-9-10-11-12-13-16-21-26-23-18-15-14-17-22(23)24(27)19-20-25(28)29/h11-12,14-15,17-18,26H,2-10,13,16,19-21H2,1H3,(H,28,29). The molecule has 0 aliphatic heterocycles. The van der Waals surface area contributed by atoms with Gasteiger partial charge in [0.1, 0.15) is 0 Å². The SMILES string of the molecule is CCCCCCCCCCC=CCCCNc1ccccc1C(=O)CCC(=O)O. The van der Waals surface area contributed by atoms with E-state index in [0.29, 0.717) is 5.56 Å². The third-order valence-electron chi connectivity index (χ3n) is 5.05. The van der Waals surface area contributed by atoms with Crippen LogP contribution in [0.25, 0.3) is 0 Å². The number of aliphatic carboxylic acids is 1. The number of allylic oxidation sites excluding steroid dienone is 2. The number of ketones is 1. The molecule has 0 saturated heterocycles. The van der Waals surface area contributed by atoms with E-state index in [9.17, 15) is 9.59 Å². The van der Waals surface area contributed by atoms with Crippen molar-refractivity contribution >= 4 is 17.4 Å². The Bertz CT molecular complexity index is 610. The molecule has 162 valence electrons. The van der Waals surface area contributed by atoms with Crippen molar-refractivity contribution < 1.29 is 14.7 Å². The monoisotopic (exact) mass is 401 g/mol. The van der Waals surface area contributed by atoms with Crippen molar-refractivity contribution in [2.24, 2.45) is 0 Å². The average molecular weight is 402 g/mol. The molecular formula is C25H39NO3. The summed E-state index contributed by atoms with van der Waals surface area (Å²) >= 11 is 0. The molecule has 4 nitrogen and oxygen atoms in total. The van der Waals surface area contributed by atoms with Gasteiger partial charge < -0.3 is 10.4 Å². The second kappa shape index (κ2) is 16.8. The molecule has 0 amide bonds. The van der Waals surface area contributed by atoms with Crippen LogP contribution in [0.5, 0.6) is 0 Å². The highest BCUT2D eigenvalue weighted by atomic mass is 16.4. The number of carboxylic acid groups (broad SMARTS) is 1. The van der Waals surface area contributed by atoms with Gasteiger partial charge in [-0.1, -0.05) is 76.2 Å². The van der Waals surface area contributed by atoms with Gasteiger partial charge in [0, 0.05) is 24.2 Å². The largest absolute Gasteiger partial charge is 0.481 e. The first-order chi connectivity index (χ1) is 14.1. The van der Waals surface area contributed by atoms with Crippen molar-refractivity contribution in [3.63, 3.8) is 0 Å². The second-order valence-electron chi connectivity index (χ2n) is 7.67. The first kappa shape index (κ1) is 24.9. The van der Waals surface area contributed by atoms with Crippen molar-refractivity contribution in [1.29, 1.82) is 0 Å². The molecule has 29 heavy (non-hydrogen) atoms. The molecule has 0 spiro atoms. The number of nitrogens with one attached hydrogen (secondary N) is 1.